The summed E-state index contributed by atoms with van der Waals surface area (Å²) in [5, 5.41) is 0.0874. The Kier molecular flexibility index (Phi) is 6.60. The van der Waals surface area contributed by atoms with E-state index in [-0.39, 0.29) is 40.5 Å². The van der Waals surface area contributed by atoms with Gasteiger partial charge in [-0.15, -0.1) is 0 Å². The van der Waals surface area contributed by atoms with Gasteiger partial charge in [0.1, 0.15) is 0 Å². The van der Waals surface area contributed by atoms with Crippen LogP contribution in [0.15, 0.2) is 29.2 Å². The molecule has 1 aromatic rings. The molecule has 3 rings (SSSR count). The minimum atomic E-state index is -3.78. The van der Waals surface area contributed by atoms with Crippen LogP contribution in [-0.4, -0.2) is 48.4 Å². The van der Waals surface area contributed by atoms with Crippen molar-refractivity contribution in [1.29, 1.82) is 0 Å². The van der Waals surface area contributed by atoms with Gasteiger partial charge in [-0.05, 0) is 50.0 Å². The summed E-state index contributed by atoms with van der Waals surface area (Å²) in [4.78, 5) is 0.182. The third kappa shape index (κ3) is 5.00. The van der Waals surface area contributed by atoms with E-state index in [0.29, 0.717) is 13.0 Å². The zero-order valence-electron chi connectivity index (χ0n) is 19.2. The van der Waals surface area contributed by atoms with Crippen molar-refractivity contribution in [2.45, 2.75) is 89.0 Å². The molecule has 0 N–H and O–H groups in total. The summed E-state index contributed by atoms with van der Waals surface area (Å²) < 4.78 is 49.0. The zero-order chi connectivity index (χ0) is 22.4. The van der Waals surface area contributed by atoms with Crippen LogP contribution in [0.2, 0.25) is 18.1 Å². The van der Waals surface area contributed by atoms with Gasteiger partial charge in [0.05, 0.1) is 30.3 Å². The SMILES string of the molecule is Cc1ccc(S(=O)(=O)OCC[C@@]2(C)C[C@H](O[Si](C)(C)C(C)(C)C)[C@@H]3OC[C@H]2O3)cc1. The van der Waals surface area contributed by atoms with Crippen molar-refractivity contribution in [3.05, 3.63) is 29.8 Å². The fourth-order valence-corrected chi connectivity index (χ4v) is 5.96. The first-order valence-electron chi connectivity index (χ1n) is 10.6. The largest absolute Gasteiger partial charge is 0.409 e. The summed E-state index contributed by atoms with van der Waals surface area (Å²) in [6, 6.07) is 6.69. The highest BCUT2D eigenvalue weighted by molar-refractivity contribution is 7.86. The second-order valence-corrected chi connectivity index (χ2v) is 16.8. The quantitative estimate of drug-likeness (QED) is 0.440. The fourth-order valence-electron chi connectivity index (χ4n) is 3.74. The topological polar surface area (TPSA) is 71.1 Å². The maximum Gasteiger partial charge on any atom is 0.296 e. The summed E-state index contributed by atoms with van der Waals surface area (Å²) in [5.41, 5.74) is 0.729. The van der Waals surface area contributed by atoms with Gasteiger partial charge in [0, 0.05) is 5.41 Å². The molecule has 2 saturated heterocycles. The number of fused-ring (bicyclic) bond motifs is 2. The number of hydrogen-bond acceptors (Lipinski definition) is 6. The van der Waals surface area contributed by atoms with E-state index in [4.69, 9.17) is 18.1 Å². The molecule has 2 fully saturated rings. The van der Waals surface area contributed by atoms with E-state index in [0.717, 1.165) is 12.0 Å². The Labute approximate surface area is 182 Å². The van der Waals surface area contributed by atoms with Crippen LogP contribution in [-0.2, 0) is 28.2 Å². The van der Waals surface area contributed by atoms with Crippen molar-refractivity contribution in [3.63, 3.8) is 0 Å². The Morgan fingerprint density at radius 1 is 1.20 bits per heavy atom. The fraction of sp³-hybridized carbons (Fsp3) is 0.727. The van der Waals surface area contributed by atoms with Gasteiger partial charge in [-0.3, -0.25) is 4.18 Å². The van der Waals surface area contributed by atoms with Gasteiger partial charge in [-0.25, -0.2) is 0 Å². The molecule has 0 aromatic heterocycles. The van der Waals surface area contributed by atoms with Crippen molar-refractivity contribution in [2.24, 2.45) is 5.41 Å². The van der Waals surface area contributed by atoms with E-state index >= 15 is 0 Å². The van der Waals surface area contributed by atoms with Crippen molar-refractivity contribution < 1.29 is 26.5 Å². The van der Waals surface area contributed by atoms with Crippen molar-refractivity contribution in [1.82, 2.24) is 0 Å². The van der Waals surface area contributed by atoms with E-state index in [1.165, 1.54) is 0 Å². The Bertz CT molecular complexity index is 845. The molecule has 4 atom stereocenters. The Morgan fingerprint density at radius 2 is 1.83 bits per heavy atom. The molecule has 1 aromatic carbocycles. The van der Waals surface area contributed by atoms with Crippen LogP contribution >= 0.6 is 0 Å². The minimum absolute atomic E-state index is 0.0764. The molecule has 2 aliphatic rings. The summed E-state index contributed by atoms with van der Waals surface area (Å²) in [5.74, 6) is 0. The van der Waals surface area contributed by atoms with Gasteiger partial charge in [0.15, 0.2) is 14.6 Å². The molecule has 0 radical (unpaired) electrons. The van der Waals surface area contributed by atoms with Crippen LogP contribution in [0.5, 0.6) is 0 Å². The number of rotatable bonds is 7. The zero-order valence-corrected chi connectivity index (χ0v) is 21.0. The second kappa shape index (κ2) is 8.29. The van der Waals surface area contributed by atoms with Gasteiger partial charge in [0.25, 0.3) is 10.1 Å². The summed E-state index contributed by atoms with van der Waals surface area (Å²) in [7, 11) is -5.77. The lowest BCUT2D eigenvalue weighted by Gasteiger charge is -2.46. The lowest BCUT2D eigenvalue weighted by molar-refractivity contribution is -0.184. The van der Waals surface area contributed by atoms with Crippen LogP contribution in [0.25, 0.3) is 0 Å². The number of aryl methyl sites for hydroxylation is 1. The van der Waals surface area contributed by atoms with Gasteiger partial charge in [-0.1, -0.05) is 45.4 Å². The molecule has 8 heteroatoms. The van der Waals surface area contributed by atoms with E-state index < -0.39 is 18.4 Å². The first-order chi connectivity index (χ1) is 13.7. The van der Waals surface area contributed by atoms with E-state index in [2.05, 4.69) is 40.8 Å². The molecule has 0 unspecified atom stereocenters. The van der Waals surface area contributed by atoms with E-state index in [1.807, 2.05) is 6.92 Å². The van der Waals surface area contributed by atoms with Gasteiger partial charge in [0.2, 0.25) is 0 Å². The minimum Gasteiger partial charge on any atom is -0.409 e. The number of benzene rings is 1. The van der Waals surface area contributed by atoms with Gasteiger partial charge < -0.3 is 13.9 Å². The number of ether oxygens (including phenoxy) is 2. The molecular formula is C22H36O6SSi. The highest BCUT2D eigenvalue weighted by Crippen LogP contribution is 2.47. The van der Waals surface area contributed by atoms with Crippen molar-refractivity contribution in [2.75, 3.05) is 13.2 Å². The molecule has 2 heterocycles. The maximum atomic E-state index is 12.5. The predicted molar refractivity (Wildman–Crippen MR) is 118 cm³/mol. The highest BCUT2D eigenvalue weighted by atomic mass is 32.2. The van der Waals surface area contributed by atoms with E-state index in [1.54, 1.807) is 24.3 Å². The monoisotopic (exact) mass is 456 g/mol. The van der Waals surface area contributed by atoms with E-state index in [9.17, 15) is 8.42 Å². The number of hydrogen-bond donors (Lipinski definition) is 0. The molecule has 0 aliphatic carbocycles. The average molecular weight is 457 g/mol. The lowest BCUT2D eigenvalue weighted by atomic mass is 9.75. The molecular weight excluding hydrogens is 420 g/mol. The van der Waals surface area contributed by atoms with Gasteiger partial charge in [-0.2, -0.15) is 8.42 Å². The summed E-state index contributed by atoms with van der Waals surface area (Å²) >= 11 is 0. The van der Waals surface area contributed by atoms with Crippen LogP contribution in [0, 0.1) is 12.3 Å². The maximum absolute atomic E-state index is 12.5. The Hall–Kier alpha value is -0.773. The molecule has 0 spiro atoms. The molecule has 0 amide bonds. The highest BCUT2D eigenvalue weighted by Gasteiger charge is 2.53. The summed E-state index contributed by atoms with van der Waals surface area (Å²) in [6.45, 7) is 15.7. The third-order valence-corrected chi connectivity index (χ3v) is 12.8. The van der Waals surface area contributed by atoms with Crippen LogP contribution < -0.4 is 0 Å². The van der Waals surface area contributed by atoms with Crippen LogP contribution in [0.1, 0.15) is 46.1 Å². The summed E-state index contributed by atoms with van der Waals surface area (Å²) in [6.07, 6.45) is 0.754. The second-order valence-electron chi connectivity index (χ2n) is 10.4. The predicted octanol–water partition coefficient (Wildman–Crippen LogP) is 4.63. The van der Waals surface area contributed by atoms with Crippen LogP contribution in [0.4, 0.5) is 0 Å². The molecule has 6 nitrogen and oxygen atoms in total. The Morgan fingerprint density at radius 3 is 2.43 bits per heavy atom. The van der Waals surface area contributed by atoms with Crippen LogP contribution in [0.3, 0.4) is 0 Å². The molecule has 30 heavy (non-hydrogen) atoms. The lowest BCUT2D eigenvalue weighted by Crippen LogP contribution is -2.52. The third-order valence-electron chi connectivity index (χ3n) is 6.93. The Balaban J connectivity index is 1.65. The molecule has 0 saturated carbocycles. The van der Waals surface area contributed by atoms with Crippen molar-refractivity contribution >= 4 is 18.4 Å². The smallest absolute Gasteiger partial charge is 0.296 e. The van der Waals surface area contributed by atoms with Crippen molar-refractivity contribution in [3.8, 4) is 0 Å². The molecule has 170 valence electrons. The average Bonchev–Trinajstić information content (AvgIpc) is 3.06. The molecule has 2 aliphatic heterocycles. The first-order valence-corrected chi connectivity index (χ1v) is 15.0. The standard InChI is InChI=1S/C22H36O6SSi/c1-16-8-10-17(11-9-16)29(23,24)26-13-12-22(5)14-18(20-25-15-19(22)27-20)28-30(6,7)21(2,3)4/h8-11,18-20H,12-15H2,1-7H3/t18-,19+,20+,22-/m0/s1. The normalized spacial score (nSPS) is 29.9. The first kappa shape index (κ1) is 23.9. The van der Waals surface area contributed by atoms with Gasteiger partial charge >= 0.3 is 0 Å². The molecule has 2 bridgehead atoms.